The Labute approximate surface area is 56.4 Å². The van der Waals surface area contributed by atoms with Crippen LogP contribution >= 0.6 is 0 Å². The lowest BCUT2D eigenvalue weighted by Crippen LogP contribution is -2.42. The Morgan fingerprint density at radius 3 is 2.10 bits per heavy atom. The van der Waals surface area contributed by atoms with Crippen LogP contribution < -0.4 is 5.48 Å². The van der Waals surface area contributed by atoms with Crippen molar-refractivity contribution in [2.75, 3.05) is 13.2 Å². The summed E-state index contributed by atoms with van der Waals surface area (Å²) in [6.45, 7) is 0.571. The summed E-state index contributed by atoms with van der Waals surface area (Å²) < 4.78 is 35.0. The molecule has 0 spiro atoms. The number of nitrogens with one attached hydrogen (secondary N) is 1. The Hall–Kier alpha value is -0.330. The van der Waals surface area contributed by atoms with Crippen molar-refractivity contribution in [2.24, 2.45) is 0 Å². The van der Waals surface area contributed by atoms with E-state index in [0.29, 0.717) is 0 Å². The van der Waals surface area contributed by atoms with E-state index in [0.717, 1.165) is 0 Å². The van der Waals surface area contributed by atoms with E-state index in [-0.39, 0.29) is 11.4 Å². The monoisotopic (exact) mass is 158 g/mol. The lowest BCUT2D eigenvalue weighted by Gasteiger charge is -2.21. The zero-order chi connectivity index (χ0) is 8.20. The standard InChI is InChI=1S/C4H9F3N2O/c1-2-9(3-8-10)4(5,6)7/h8,10H,2-3H2,1H3. The van der Waals surface area contributed by atoms with E-state index in [9.17, 15) is 13.2 Å². The average Bonchev–Trinajstić information content (AvgIpc) is 1.80. The summed E-state index contributed by atoms with van der Waals surface area (Å²) in [7, 11) is 0. The van der Waals surface area contributed by atoms with E-state index in [1.165, 1.54) is 12.4 Å². The second-order valence-electron chi connectivity index (χ2n) is 1.64. The molecule has 3 nitrogen and oxygen atoms in total. The van der Waals surface area contributed by atoms with Crippen molar-refractivity contribution in [3.63, 3.8) is 0 Å². The molecule has 62 valence electrons. The summed E-state index contributed by atoms with van der Waals surface area (Å²) in [5.41, 5.74) is 1.43. The van der Waals surface area contributed by atoms with Crippen LogP contribution in [0, 0.1) is 0 Å². The highest BCUT2D eigenvalue weighted by Gasteiger charge is 2.35. The fourth-order valence-electron chi connectivity index (χ4n) is 0.466. The summed E-state index contributed by atoms with van der Waals surface area (Å²) in [6, 6.07) is 0. The van der Waals surface area contributed by atoms with Gasteiger partial charge in [-0.25, -0.2) is 0 Å². The highest BCUT2D eigenvalue weighted by molar-refractivity contribution is 4.52. The Morgan fingerprint density at radius 1 is 1.50 bits per heavy atom. The van der Waals surface area contributed by atoms with Crippen molar-refractivity contribution in [3.05, 3.63) is 0 Å². The molecule has 0 aromatic carbocycles. The molecule has 6 heteroatoms. The fraction of sp³-hybridized carbons (Fsp3) is 1.00. The maximum atomic E-state index is 11.7. The molecule has 0 unspecified atom stereocenters. The van der Waals surface area contributed by atoms with Crippen molar-refractivity contribution in [3.8, 4) is 0 Å². The number of hydroxylamine groups is 1. The number of alkyl halides is 3. The van der Waals surface area contributed by atoms with E-state index < -0.39 is 13.0 Å². The number of rotatable bonds is 3. The van der Waals surface area contributed by atoms with Crippen molar-refractivity contribution in [1.82, 2.24) is 10.4 Å². The number of hydrogen-bond acceptors (Lipinski definition) is 3. The maximum Gasteiger partial charge on any atom is 0.461 e. The molecule has 0 aliphatic carbocycles. The van der Waals surface area contributed by atoms with Crippen LogP contribution in [0.15, 0.2) is 0 Å². The topological polar surface area (TPSA) is 35.5 Å². The van der Waals surface area contributed by atoms with Gasteiger partial charge >= 0.3 is 6.30 Å². The van der Waals surface area contributed by atoms with Gasteiger partial charge in [-0.1, -0.05) is 6.92 Å². The maximum absolute atomic E-state index is 11.7. The van der Waals surface area contributed by atoms with Crippen LogP contribution in [0.1, 0.15) is 6.92 Å². The van der Waals surface area contributed by atoms with E-state index in [2.05, 4.69) is 0 Å². The molecule has 0 saturated carbocycles. The van der Waals surface area contributed by atoms with Crippen LogP contribution in [-0.2, 0) is 0 Å². The van der Waals surface area contributed by atoms with Crippen LogP contribution in [0.25, 0.3) is 0 Å². The first-order valence-corrected chi connectivity index (χ1v) is 2.71. The summed E-state index contributed by atoms with van der Waals surface area (Å²) in [5, 5.41) is 7.94. The van der Waals surface area contributed by atoms with Gasteiger partial charge in [0.05, 0.1) is 6.67 Å². The molecule has 10 heavy (non-hydrogen) atoms. The second-order valence-corrected chi connectivity index (χ2v) is 1.64. The zero-order valence-corrected chi connectivity index (χ0v) is 5.44. The van der Waals surface area contributed by atoms with Gasteiger partial charge < -0.3 is 5.21 Å². The Bertz CT molecular complexity index is 95.0. The first-order chi connectivity index (χ1) is 4.52. The third-order valence-corrected chi connectivity index (χ3v) is 1.00. The van der Waals surface area contributed by atoms with E-state index in [1.807, 2.05) is 0 Å². The van der Waals surface area contributed by atoms with Gasteiger partial charge in [-0.3, -0.25) is 0 Å². The Balaban J connectivity index is 3.81. The third-order valence-electron chi connectivity index (χ3n) is 1.00. The first kappa shape index (κ1) is 9.67. The van der Waals surface area contributed by atoms with Crippen LogP contribution in [0.2, 0.25) is 0 Å². The summed E-state index contributed by atoms with van der Waals surface area (Å²) in [5.74, 6) is 0. The molecule has 0 atom stereocenters. The van der Waals surface area contributed by atoms with Gasteiger partial charge in [-0.15, -0.1) is 0 Å². The van der Waals surface area contributed by atoms with E-state index in [4.69, 9.17) is 5.21 Å². The fourth-order valence-corrected chi connectivity index (χ4v) is 0.466. The third kappa shape index (κ3) is 3.00. The number of halogens is 3. The van der Waals surface area contributed by atoms with Crippen LogP contribution in [0.5, 0.6) is 0 Å². The normalized spacial score (nSPS) is 12.6. The lowest BCUT2D eigenvalue weighted by molar-refractivity contribution is -0.251. The molecule has 0 bridgehead atoms. The molecular formula is C4H9F3N2O. The number of nitrogens with zero attached hydrogens (tertiary/aromatic N) is 1. The second kappa shape index (κ2) is 3.75. The zero-order valence-electron chi connectivity index (χ0n) is 5.44. The Morgan fingerprint density at radius 2 is 2.00 bits per heavy atom. The van der Waals surface area contributed by atoms with Gasteiger partial charge in [-0.05, 0) is 0 Å². The molecule has 0 radical (unpaired) electrons. The molecule has 0 heterocycles. The van der Waals surface area contributed by atoms with Gasteiger partial charge in [0.15, 0.2) is 0 Å². The van der Waals surface area contributed by atoms with Gasteiger partial charge in [0, 0.05) is 6.54 Å². The minimum absolute atomic E-state index is 0.132. The summed E-state index contributed by atoms with van der Waals surface area (Å²) in [6.07, 6.45) is -4.37. The largest absolute Gasteiger partial charge is 0.461 e. The molecular weight excluding hydrogens is 149 g/mol. The molecule has 0 aliphatic heterocycles. The highest BCUT2D eigenvalue weighted by atomic mass is 19.4. The molecule has 0 aromatic rings. The number of hydrogen-bond donors (Lipinski definition) is 2. The van der Waals surface area contributed by atoms with Gasteiger partial charge in [0.2, 0.25) is 0 Å². The van der Waals surface area contributed by atoms with E-state index in [1.54, 1.807) is 0 Å². The van der Waals surface area contributed by atoms with Gasteiger partial charge in [-0.2, -0.15) is 23.6 Å². The molecule has 0 rings (SSSR count). The molecule has 0 fully saturated rings. The Kier molecular flexibility index (Phi) is 3.62. The quantitative estimate of drug-likeness (QED) is 0.361. The van der Waals surface area contributed by atoms with Crippen molar-refractivity contribution in [2.45, 2.75) is 13.2 Å². The predicted octanol–water partition coefficient (Wildman–Crippen LogP) is 0.764. The minimum Gasteiger partial charge on any atom is -0.316 e. The molecule has 0 saturated heterocycles. The van der Waals surface area contributed by atoms with Gasteiger partial charge in [0.25, 0.3) is 0 Å². The smallest absolute Gasteiger partial charge is 0.316 e. The first-order valence-electron chi connectivity index (χ1n) is 2.71. The predicted molar refractivity (Wildman–Crippen MR) is 28.2 cm³/mol. The van der Waals surface area contributed by atoms with Crippen molar-refractivity contribution in [1.29, 1.82) is 0 Å². The lowest BCUT2D eigenvalue weighted by atomic mass is 10.6. The molecule has 2 N–H and O–H groups in total. The van der Waals surface area contributed by atoms with Crippen LogP contribution in [0.4, 0.5) is 13.2 Å². The van der Waals surface area contributed by atoms with E-state index >= 15 is 0 Å². The minimum atomic E-state index is -4.37. The van der Waals surface area contributed by atoms with Crippen molar-refractivity contribution >= 4 is 0 Å². The summed E-state index contributed by atoms with van der Waals surface area (Å²) >= 11 is 0. The van der Waals surface area contributed by atoms with Gasteiger partial charge in [0.1, 0.15) is 0 Å². The van der Waals surface area contributed by atoms with Crippen LogP contribution in [-0.4, -0.2) is 29.6 Å². The van der Waals surface area contributed by atoms with Crippen LogP contribution in [0.3, 0.4) is 0 Å². The molecule has 0 aromatic heterocycles. The molecule has 0 aliphatic rings. The van der Waals surface area contributed by atoms with Crippen molar-refractivity contribution < 1.29 is 18.4 Å². The average molecular weight is 158 g/mol. The summed E-state index contributed by atoms with van der Waals surface area (Å²) in [4.78, 5) is 0.132. The SMILES string of the molecule is CCN(CNO)C(F)(F)F. The highest BCUT2D eigenvalue weighted by Crippen LogP contribution is 2.18. The molecule has 0 amide bonds.